The molecule has 10 nitrogen and oxygen atoms in total. The van der Waals surface area contributed by atoms with Gasteiger partial charge < -0.3 is 16.4 Å². The van der Waals surface area contributed by atoms with E-state index in [0.717, 1.165) is 0 Å². The van der Waals surface area contributed by atoms with Gasteiger partial charge >= 0.3 is 0 Å². The molecule has 1 saturated heterocycles. The average molecular weight is 466 g/mol. The Morgan fingerprint density at radius 2 is 1.94 bits per heavy atom. The zero-order valence-electron chi connectivity index (χ0n) is 17.3. The summed E-state index contributed by atoms with van der Waals surface area (Å²) in [6, 6.07) is 8.64. The molecule has 33 heavy (non-hydrogen) atoms. The van der Waals surface area contributed by atoms with Crippen LogP contribution in [0.4, 0.5) is 22.0 Å². The summed E-state index contributed by atoms with van der Waals surface area (Å²) in [7, 11) is 0. The summed E-state index contributed by atoms with van der Waals surface area (Å²) in [5.74, 6) is 0.107. The molecule has 1 aromatic carbocycles. The number of halogens is 2. The van der Waals surface area contributed by atoms with Gasteiger partial charge in [0.25, 0.3) is 5.56 Å². The molecular weight excluding hydrogens is 449 g/mol. The van der Waals surface area contributed by atoms with Crippen LogP contribution in [0.25, 0.3) is 11.2 Å². The fraction of sp³-hybridized carbons (Fsp3) is 0.190. The first-order valence-corrected chi connectivity index (χ1v) is 10.3. The second kappa shape index (κ2) is 7.46. The van der Waals surface area contributed by atoms with Gasteiger partial charge in [0.15, 0.2) is 11.6 Å². The van der Waals surface area contributed by atoms with Crippen LogP contribution in [-0.4, -0.2) is 30.7 Å². The van der Waals surface area contributed by atoms with Crippen molar-refractivity contribution in [2.24, 2.45) is 5.92 Å². The van der Waals surface area contributed by atoms with E-state index < -0.39 is 17.4 Å². The van der Waals surface area contributed by atoms with Crippen LogP contribution < -0.4 is 21.9 Å². The summed E-state index contributed by atoms with van der Waals surface area (Å²) in [4.78, 5) is 23.4. The number of anilines is 3. The zero-order chi connectivity index (χ0) is 23.4. The van der Waals surface area contributed by atoms with Crippen molar-refractivity contribution >= 4 is 34.7 Å². The Balaban J connectivity index is 1.76. The first kappa shape index (κ1) is 20.7. The third-order valence-electron chi connectivity index (χ3n) is 5.69. The van der Waals surface area contributed by atoms with Crippen molar-refractivity contribution in [2.75, 3.05) is 22.9 Å². The van der Waals surface area contributed by atoms with E-state index in [0.29, 0.717) is 18.1 Å². The highest BCUT2D eigenvalue weighted by molar-refractivity contribution is 6.33. The summed E-state index contributed by atoms with van der Waals surface area (Å²) in [5.41, 5.74) is 12.0. The molecule has 0 unspecified atom stereocenters. The van der Waals surface area contributed by atoms with Crippen molar-refractivity contribution in [3.8, 4) is 11.8 Å². The quantitative estimate of drug-likeness (QED) is 0.469. The molecular formula is C21H17ClFN9O. The second-order valence-corrected chi connectivity index (χ2v) is 8.19. The lowest BCUT2D eigenvalue weighted by Gasteiger charge is -2.47. The fourth-order valence-corrected chi connectivity index (χ4v) is 4.41. The summed E-state index contributed by atoms with van der Waals surface area (Å²) in [5, 5.41) is 14.5. The molecule has 4 N–H and O–H groups in total. The molecule has 0 bridgehead atoms. The summed E-state index contributed by atoms with van der Waals surface area (Å²) < 4.78 is 16.4. The molecule has 0 saturated carbocycles. The molecule has 4 heterocycles. The standard InChI is InChI=1S/C21H17ClFN9O/c1-10-9-30(18-13(8-24)17(25)27-21(26)28-18)15(10)19-29-31-7-6-14(22)16(31)20(33)32(19)12-4-2-11(23)3-5-12/h2-7,10,15H,9H2,1H3,(H4,25,26,27,28)/t10-,15-/m0/s1. The van der Waals surface area contributed by atoms with Gasteiger partial charge in [-0.3, -0.25) is 9.36 Å². The fourth-order valence-electron chi connectivity index (χ4n) is 4.18. The number of nitrogen functional groups attached to an aromatic ring is 2. The van der Waals surface area contributed by atoms with Crippen LogP contribution in [0.1, 0.15) is 24.4 Å². The van der Waals surface area contributed by atoms with Crippen LogP contribution in [0.5, 0.6) is 0 Å². The zero-order valence-corrected chi connectivity index (χ0v) is 18.0. The molecule has 12 heteroatoms. The van der Waals surface area contributed by atoms with Crippen molar-refractivity contribution in [1.82, 2.24) is 24.1 Å². The van der Waals surface area contributed by atoms with Crippen LogP contribution in [0, 0.1) is 23.1 Å². The Morgan fingerprint density at radius 1 is 1.21 bits per heavy atom. The van der Waals surface area contributed by atoms with E-state index in [-0.39, 0.29) is 39.6 Å². The van der Waals surface area contributed by atoms with Gasteiger partial charge in [0.2, 0.25) is 5.95 Å². The minimum atomic E-state index is -0.464. The number of hydrogen-bond acceptors (Lipinski definition) is 8. The first-order valence-electron chi connectivity index (χ1n) is 9.95. The smallest absolute Gasteiger partial charge is 0.284 e. The van der Waals surface area contributed by atoms with Gasteiger partial charge in [0.1, 0.15) is 28.8 Å². The molecule has 2 atom stereocenters. The Kier molecular flexibility index (Phi) is 4.68. The number of benzene rings is 1. The Labute approximate surface area is 191 Å². The SMILES string of the molecule is C[C@H]1CN(c2nc(N)nc(N)c2C#N)[C@@H]1c1nn2ccc(Cl)c2c(=O)n1-c1ccc(F)cc1. The van der Waals surface area contributed by atoms with Gasteiger partial charge in [0.05, 0.1) is 16.8 Å². The molecule has 4 aromatic rings. The molecule has 1 fully saturated rings. The predicted octanol–water partition coefficient (Wildman–Crippen LogP) is 2.30. The van der Waals surface area contributed by atoms with E-state index in [9.17, 15) is 14.4 Å². The largest absolute Gasteiger partial charge is 0.382 e. The molecule has 0 aliphatic carbocycles. The van der Waals surface area contributed by atoms with Gasteiger partial charge in [0, 0.05) is 18.7 Å². The number of nitrogens with zero attached hydrogens (tertiary/aromatic N) is 7. The Morgan fingerprint density at radius 3 is 2.61 bits per heavy atom. The first-order chi connectivity index (χ1) is 15.8. The van der Waals surface area contributed by atoms with Crippen molar-refractivity contribution in [1.29, 1.82) is 5.26 Å². The predicted molar refractivity (Wildman–Crippen MR) is 121 cm³/mol. The van der Waals surface area contributed by atoms with E-state index in [2.05, 4.69) is 15.1 Å². The van der Waals surface area contributed by atoms with Crippen LogP contribution in [0.15, 0.2) is 41.3 Å². The minimum absolute atomic E-state index is 0.0241. The van der Waals surface area contributed by atoms with Gasteiger partial charge in [-0.2, -0.15) is 20.3 Å². The lowest BCUT2D eigenvalue weighted by molar-refractivity contribution is 0.300. The maximum absolute atomic E-state index is 13.6. The van der Waals surface area contributed by atoms with Crippen LogP contribution in [0.2, 0.25) is 5.02 Å². The molecule has 1 aliphatic heterocycles. The Hall–Kier alpha value is -4.17. The molecule has 5 rings (SSSR count). The van der Waals surface area contributed by atoms with Crippen LogP contribution >= 0.6 is 11.6 Å². The highest BCUT2D eigenvalue weighted by Crippen LogP contribution is 2.42. The summed E-state index contributed by atoms with van der Waals surface area (Å²) in [6.07, 6.45) is 1.59. The van der Waals surface area contributed by atoms with Gasteiger partial charge in [-0.25, -0.2) is 8.91 Å². The van der Waals surface area contributed by atoms with Crippen molar-refractivity contribution in [3.05, 3.63) is 69.1 Å². The number of nitriles is 1. The Bertz CT molecular complexity index is 1510. The lowest BCUT2D eigenvalue weighted by Crippen LogP contribution is -2.52. The normalized spacial score (nSPS) is 17.7. The van der Waals surface area contributed by atoms with E-state index in [4.69, 9.17) is 23.1 Å². The van der Waals surface area contributed by atoms with Gasteiger partial charge in [-0.1, -0.05) is 18.5 Å². The van der Waals surface area contributed by atoms with E-state index in [1.54, 1.807) is 17.2 Å². The van der Waals surface area contributed by atoms with Crippen LogP contribution in [-0.2, 0) is 0 Å². The molecule has 3 aromatic heterocycles. The maximum atomic E-state index is 13.6. The van der Waals surface area contributed by atoms with Gasteiger partial charge in [-0.05, 0) is 30.3 Å². The molecule has 0 amide bonds. The van der Waals surface area contributed by atoms with Crippen molar-refractivity contribution in [3.63, 3.8) is 0 Å². The van der Waals surface area contributed by atoms with Crippen molar-refractivity contribution < 1.29 is 4.39 Å². The maximum Gasteiger partial charge on any atom is 0.284 e. The lowest BCUT2D eigenvalue weighted by atomic mass is 9.88. The monoisotopic (exact) mass is 465 g/mol. The number of nitrogens with two attached hydrogens (primary N) is 2. The molecule has 0 spiro atoms. The minimum Gasteiger partial charge on any atom is -0.382 e. The van der Waals surface area contributed by atoms with Gasteiger partial charge in [-0.15, -0.1) is 0 Å². The molecule has 166 valence electrons. The van der Waals surface area contributed by atoms with Crippen LogP contribution in [0.3, 0.4) is 0 Å². The number of aromatic nitrogens is 5. The summed E-state index contributed by atoms with van der Waals surface area (Å²) >= 11 is 6.24. The second-order valence-electron chi connectivity index (χ2n) is 7.78. The average Bonchev–Trinajstić information content (AvgIpc) is 3.13. The summed E-state index contributed by atoms with van der Waals surface area (Å²) in [6.45, 7) is 2.49. The van der Waals surface area contributed by atoms with E-state index in [1.807, 2.05) is 13.0 Å². The molecule has 1 aliphatic rings. The van der Waals surface area contributed by atoms with E-state index in [1.165, 1.54) is 33.3 Å². The van der Waals surface area contributed by atoms with E-state index >= 15 is 0 Å². The topological polar surface area (TPSA) is 144 Å². The number of fused-ring (bicyclic) bond motifs is 1. The number of rotatable bonds is 3. The third-order valence-corrected chi connectivity index (χ3v) is 6.00. The highest BCUT2D eigenvalue weighted by atomic mass is 35.5. The highest BCUT2D eigenvalue weighted by Gasteiger charge is 2.43. The van der Waals surface area contributed by atoms with Crippen molar-refractivity contribution in [2.45, 2.75) is 13.0 Å². The molecule has 0 radical (unpaired) electrons. The number of hydrogen-bond donors (Lipinski definition) is 2. The third kappa shape index (κ3) is 3.15.